The van der Waals surface area contributed by atoms with Gasteiger partial charge in [0.2, 0.25) is 0 Å². The number of hydrogen-bond donors (Lipinski definition) is 1. The maximum Gasteiger partial charge on any atom is 0.323 e. The fourth-order valence-corrected chi connectivity index (χ4v) is 4.59. The molecule has 2 rings (SSSR count). The third kappa shape index (κ3) is 8.37. The Bertz CT molecular complexity index is 883. The van der Waals surface area contributed by atoms with E-state index in [9.17, 15) is 9.59 Å². The number of nitrogens with one attached hydrogen (secondary N) is 1. The average Bonchev–Trinajstić information content (AvgIpc) is 3.12. The molecule has 0 aliphatic carbocycles. The molecule has 0 spiro atoms. The molecule has 0 saturated heterocycles. The summed E-state index contributed by atoms with van der Waals surface area (Å²) in [6.07, 6.45) is 4.33. The highest BCUT2D eigenvalue weighted by atomic mass is 127. The van der Waals surface area contributed by atoms with Crippen LogP contribution in [0.15, 0.2) is 30.7 Å². The standard InChI is InChI=1S/C23H31ClIN3O4/c1-5-31-22(29)20(7-15(3)4)27-21(23(30)32-6-2)11-19-12-26-14-28(19)13-16-8-17(24)10-18(25)9-16/h8-10,12,14-15,20-21,27H,5-7,11,13H2,1-4H3. The molecular weight excluding hydrogens is 545 g/mol. The second-order valence-corrected chi connectivity index (χ2v) is 9.58. The van der Waals surface area contributed by atoms with Crippen molar-refractivity contribution in [1.29, 1.82) is 0 Å². The Morgan fingerprint density at radius 1 is 1.12 bits per heavy atom. The lowest BCUT2D eigenvalue weighted by Crippen LogP contribution is -2.50. The van der Waals surface area contributed by atoms with E-state index in [0.717, 1.165) is 14.8 Å². The molecule has 1 aromatic carbocycles. The largest absolute Gasteiger partial charge is 0.465 e. The summed E-state index contributed by atoms with van der Waals surface area (Å²) < 4.78 is 13.5. The van der Waals surface area contributed by atoms with Crippen molar-refractivity contribution in [3.63, 3.8) is 0 Å². The van der Waals surface area contributed by atoms with Gasteiger partial charge in [0, 0.05) is 33.4 Å². The van der Waals surface area contributed by atoms with Crippen LogP contribution in [0.2, 0.25) is 5.02 Å². The molecule has 0 saturated carbocycles. The summed E-state index contributed by atoms with van der Waals surface area (Å²) in [5.74, 6) is -0.524. The predicted octanol–water partition coefficient (Wildman–Crippen LogP) is 4.23. The molecule has 1 aromatic heterocycles. The van der Waals surface area contributed by atoms with Crippen LogP contribution in [0.3, 0.4) is 0 Å². The first-order valence-electron chi connectivity index (χ1n) is 10.8. The normalized spacial score (nSPS) is 13.1. The first kappa shape index (κ1) is 26.6. The van der Waals surface area contributed by atoms with Crippen molar-refractivity contribution in [2.45, 2.75) is 59.2 Å². The highest BCUT2D eigenvalue weighted by Crippen LogP contribution is 2.19. The van der Waals surface area contributed by atoms with Crippen molar-refractivity contribution in [1.82, 2.24) is 14.9 Å². The predicted molar refractivity (Wildman–Crippen MR) is 133 cm³/mol. The van der Waals surface area contributed by atoms with E-state index in [-0.39, 0.29) is 25.1 Å². The fraction of sp³-hybridized carbons (Fsp3) is 0.522. The third-order valence-electron chi connectivity index (χ3n) is 4.74. The Morgan fingerprint density at radius 2 is 1.78 bits per heavy atom. The van der Waals surface area contributed by atoms with E-state index in [1.165, 1.54) is 0 Å². The van der Waals surface area contributed by atoms with Gasteiger partial charge in [-0.1, -0.05) is 25.4 Å². The molecule has 7 nitrogen and oxygen atoms in total. The van der Waals surface area contributed by atoms with Crippen molar-refractivity contribution < 1.29 is 19.1 Å². The van der Waals surface area contributed by atoms with Crippen LogP contribution in [0.5, 0.6) is 0 Å². The lowest BCUT2D eigenvalue weighted by molar-refractivity contribution is -0.149. The monoisotopic (exact) mass is 575 g/mol. The minimum atomic E-state index is -0.710. The highest BCUT2D eigenvalue weighted by molar-refractivity contribution is 14.1. The zero-order valence-electron chi connectivity index (χ0n) is 18.9. The maximum absolute atomic E-state index is 12.7. The van der Waals surface area contributed by atoms with E-state index in [2.05, 4.69) is 39.0 Å². The zero-order chi connectivity index (χ0) is 23.7. The van der Waals surface area contributed by atoms with Crippen LogP contribution >= 0.6 is 34.2 Å². The van der Waals surface area contributed by atoms with Gasteiger partial charge >= 0.3 is 11.9 Å². The third-order valence-corrected chi connectivity index (χ3v) is 5.58. The molecule has 1 heterocycles. The number of esters is 2. The summed E-state index contributed by atoms with van der Waals surface area (Å²) in [4.78, 5) is 29.5. The van der Waals surface area contributed by atoms with Crippen molar-refractivity contribution in [3.8, 4) is 0 Å². The quantitative estimate of drug-likeness (QED) is 0.301. The van der Waals surface area contributed by atoms with Gasteiger partial charge in [-0.25, -0.2) is 4.98 Å². The van der Waals surface area contributed by atoms with Crippen molar-refractivity contribution in [2.75, 3.05) is 13.2 Å². The summed E-state index contributed by atoms with van der Waals surface area (Å²) in [5.41, 5.74) is 1.88. The van der Waals surface area contributed by atoms with Gasteiger partial charge in [-0.15, -0.1) is 0 Å². The summed E-state index contributed by atoms with van der Waals surface area (Å²) in [6.45, 7) is 8.67. The van der Waals surface area contributed by atoms with Crippen molar-refractivity contribution in [3.05, 3.63) is 50.6 Å². The molecule has 0 fully saturated rings. The number of rotatable bonds is 12. The van der Waals surface area contributed by atoms with Crippen LogP contribution in [0.4, 0.5) is 0 Å². The van der Waals surface area contributed by atoms with Crippen LogP contribution in [-0.4, -0.2) is 46.8 Å². The smallest absolute Gasteiger partial charge is 0.323 e. The molecular formula is C23H31ClIN3O4. The zero-order valence-corrected chi connectivity index (χ0v) is 21.9. The molecule has 0 aliphatic rings. The topological polar surface area (TPSA) is 82.5 Å². The van der Waals surface area contributed by atoms with Crippen LogP contribution < -0.4 is 5.32 Å². The van der Waals surface area contributed by atoms with Gasteiger partial charge in [0.15, 0.2) is 0 Å². The summed E-state index contributed by atoms with van der Waals surface area (Å²) in [7, 11) is 0. The minimum absolute atomic E-state index is 0.246. The fourth-order valence-electron chi connectivity index (χ4n) is 3.41. The van der Waals surface area contributed by atoms with Gasteiger partial charge in [0.1, 0.15) is 12.1 Å². The maximum atomic E-state index is 12.7. The number of imidazole rings is 1. The van der Waals surface area contributed by atoms with Crippen molar-refractivity contribution >= 4 is 46.1 Å². The van der Waals surface area contributed by atoms with E-state index in [0.29, 0.717) is 24.4 Å². The molecule has 0 bridgehead atoms. The Hall–Kier alpha value is -1.65. The summed E-state index contributed by atoms with van der Waals surface area (Å²) in [6, 6.07) is 4.55. The van der Waals surface area contributed by atoms with Crippen molar-refractivity contribution in [2.24, 2.45) is 5.92 Å². The lowest BCUT2D eigenvalue weighted by atomic mass is 10.0. The minimum Gasteiger partial charge on any atom is -0.465 e. The van der Waals surface area contributed by atoms with Gasteiger partial charge in [-0.2, -0.15) is 0 Å². The van der Waals surface area contributed by atoms with E-state index in [4.69, 9.17) is 21.1 Å². The number of carbonyl (C=O) groups is 2. The highest BCUT2D eigenvalue weighted by Gasteiger charge is 2.29. The summed E-state index contributed by atoms with van der Waals surface area (Å²) in [5, 5.41) is 3.86. The van der Waals surface area contributed by atoms with Gasteiger partial charge in [0.05, 0.1) is 19.5 Å². The number of nitrogens with zero attached hydrogens (tertiary/aromatic N) is 2. The number of ether oxygens (including phenoxy) is 2. The second-order valence-electron chi connectivity index (χ2n) is 7.90. The van der Waals surface area contributed by atoms with E-state index in [1.807, 2.05) is 30.5 Å². The van der Waals surface area contributed by atoms with Crippen LogP contribution in [-0.2, 0) is 32.0 Å². The van der Waals surface area contributed by atoms with Gasteiger partial charge in [-0.05, 0) is 72.5 Å². The Balaban J connectivity index is 2.24. The lowest BCUT2D eigenvalue weighted by Gasteiger charge is -2.25. The SMILES string of the molecule is CCOC(=O)C(Cc1cncn1Cc1cc(Cl)cc(I)c1)NC(CC(C)C)C(=O)OCC. The molecule has 176 valence electrons. The second kappa shape index (κ2) is 13.2. The molecule has 2 unspecified atom stereocenters. The number of benzene rings is 1. The first-order valence-corrected chi connectivity index (χ1v) is 12.2. The number of carbonyl (C=O) groups excluding carboxylic acids is 2. The first-order chi connectivity index (χ1) is 15.2. The Morgan fingerprint density at radius 3 is 2.38 bits per heavy atom. The average molecular weight is 576 g/mol. The number of halogens is 2. The Kier molecular flexibility index (Phi) is 10.9. The molecule has 0 amide bonds. The van der Waals surface area contributed by atoms with Crippen LogP contribution in [0, 0.1) is 9.49 Å². The Labute approximate surface area is 208 Å². The molecule has 9 heteroatoms. The molecule has 0 radical (unpaired) electrons. The molecule has 2 atom stereocenters. The molecule has 32 heavy (non-hydrogen) atoms. The number of hydrogen-bond acceptors (Lipinski definition) is 6. The molecule has 2 aromatic rings. The van der Waals surface area contributed by atoms with E-state index in [1.54, 1.807) is 26.4 Å². The van der Waals surface area contributed by atoms with Gasteiger partial charge < -0.3 is 14.0 Å². The van der Waals surface area contributed by atoms with E-state index >= 15 is 0 Å². The molecule has 0 aliphatic heterocycles. The number of aromatic nitrogens is 2. The van der Waals surface area contributed by atoms with Crippen LogP contribution in [0.25, 0.3) is 0 Å². The van der Waals surface area contributed by atoms with E-state index < -0.39 is 18.1 Å². The molecule has 1 N–H and O–H groups in total. The van der Waals surface area contributed by atoms with Gasteiger partial charge in [0.25, 0.3) is 0 Å². The van der Waals surface area contributed by atoms with Gasteiger partial charge in [-0.3, -0.25) is 14.9 Å². The van der Waals surface area contributed by atoms with Crippen LogP contribution in [0.1, 0.15) is 45.4 Å². The summed E-state index contributed by atoms with van der Waals surface area (Å²) >= 11 is 8.43.